The molecule has 0 nitrogen and oxygen atoms in total. The van der Waals surface area contributed by atoms with Crippen LogP contribution in [-0.4, -0.2) is 0 Å². The van der Waals surface area contributed by atoms with Gasteiger partial charge in [0, 0.05) is 5.56 Å². The predicted molar refractivity (Wildman–Crippen MR) is 92.4 cm³/mol. The molecular weight excluding hydrogens is 271 g/mol. The second kappa shape index (κ2) is 6.04. The van der Waals surface area contributed by atoms with Crippen LogP contribution in [0.1, 0.15) is 22.0 Å². The Kier molecular flexibility index (Phi) is 3.96. The smallest absolute Gasteiger partial charge is 0.0517 e. The Morgan fingerprint density at radius 2 is 1.38 bits per heavy atom. The second-order valence-corrected chi connectivity index (χ2v) is 7.07. The van der Waals surface area contributed by atoms with Crippen LogP contribution in [0.3, 0.4) is 0 Å². The van der Waals surface area contributed by atoms with Crippen LogP contribution in [0.4, 0.5) is 0 Å². The molecule has 0 aliphatic carbocycles. The van der Waals surface area contributed by atoms with Gasteiger partial charge >= 0.3 is 0 Å². The molecule has 3 aromatic rings. The molecule has 2 aromatic carbocycles. The first-order valence-corrected chi connectivity index (χ1v) is 8.48. The molecule has 1 heteroatoms. The number of hydrogen-bond acceptors (Lipinski definition) is 0. The molecule has 1 unspecified atom stereocenters. The van der Waals surface area contributed by atoms with Crippen molar-refractivity contribution >= 4 is 7.53 Å². The van der Waals surface area contributed by atoms with Gasteiger partial charge in [-0.25, -0.2) is 0 Å². The lowest BCUT2D eigenvalue weighted by molar-refractivity contribution is 1.39. The summed E-state index contributed by atoms with van der Waals surface area (Å²) in [4.78, 5) is 0. The summed E-state index contributed by atoms with van der Waals surface area (Å²) in [7, 11) is -0.435. The van der Waals surface area contributed by atoms with E-state index in [1.807, 2.05) is 18.2 Å². The molecule has 1 aromatic heterocycles. The highest BCUT2D eigenvalue weighted by molar-refractivity contribution is 7.57. The number of rotatable bonds is 1. The van der Waals surface area contributed by atoms with Crippen molar-refractivity contribution in [1.82, 2.24) is 0 Å². The van der Waals surface area contributed by atoms with Crippen molar-refractivity contribution in [1.29, 1.82) is 0 Å². The topological polar surface area (TPSA) is 0 Å². The molecule has 0 spiro atoms. The predicted octanol–water partition coefficient (Wildman–Crippen LogP) is 5.68. The van der Waals surface area contributed by atoms with Crippen LogP contribution in [0.5, 0.6) is 0 Å². The molecule has 0 saturated carbocycles. The highest BCUT2D eigenvalue weighted by Gasteiger charge is 2.10. The SMILES string of the molecule is Cc1cp(-c2ccccc2)c(C#Cc2ccccc2)c1C. The Balaban J connectivity index is 2.09. The van der Waals surface area contributed by atoms with E-state index in [-0.39, 0.29) is 0 Å². The van der Waals surface area contributed by atoms with Crippen LogP contribution in [0.2, 0.25) is 0 Å². The molecule has 0 aliphatic heterocycles. The fourth-order valence-corrected chi connectivity index (χ4v) is 4.65. The number of aryl methyl sites for hydroxylation is 1. The maximum absolute atomic E-state index is 3.43. The molecule has 0 fully saturated rings. The van der Waals surface area contributed by atoms with Crippen LogP contribution in [-0.2, 0) is 0 Å². The fourth-order valence-electron chi connectivity index (χ4n) is 2.32. The zero-order valence-electron chi connectivity index (χ0n) is 12.3. The monoisotopic (exact) mass is 288 g/mol. The number of hydrogen-bond donors (Lipinski definition) is 0. The summed E-state index contributed by atoms with van der Waals surface area (Å²) < 4.78 is 0. The van der Waals surface area contributed by atoms with E-state index in [0.717, 1.165) is 5.56 Å². The highest BCUT2D eigenvalue weighted by Crippen LogP contribution is 2.46. The molecule has 3 rings (SSSR count). The lowest BCUT2D eigenvalue weighted by Crippen LogP contribution is -1.77. The standard InChI is InChI=1S/C20H17P/c1-16-15-21(19-11-7-4-8-12-19)20(17(16)2)14-13-18-9-5-3-6-10-18/h3-12,15H,1-2H3. The maximum atomic E-state index is 3.43. The van der Waals surface area contributed by atoms with E-state index in [1.54, 1.807) is 0 Å². The lowest BCUT2D eigenvalue weighted by atomic mass is 10.2. The van der Waals surface area contributed by atoms with Crippen molar-refractivity contribution in [3.05, 3.63) is 88.4 Å². The third kappa shape index (κ3) is 2.94. The molecule has 0 aliphatic rings. The molecule has 0 saturated heterocycles. The van der Waals surface area contributed by atoms with Gasteiger partial charge in [0.2, 0.25) is 0 Å². The largest absolute Gasteiger partial charge is 0.0765 e. The molecule has 102 valence electrons. The zero-order chi connectivity index (χ0) is 14.7. The van der Waals surface area contributed by atoms with E-state index in [2.05, 4.69) is 74.0 Å². The first-order chi connectivity index (χ1) is 10.3. The van der Waals surface area contributed by atoms with Crippen LogP contribution < -0.4 is 0 Å². The number of benzene rings is 2. The van der Waals surface area contributed by atoms with Gasteiger partial charge in [0.05, 0.1) is 5.30 Å². The molecule has 0 radical (unpaired) electrons. The van der Waals surface area contributed by atoms with Gasteiger partial charge in [0.1, 0.15) is 0 Å². The summed E-state index contributed by atoms with van der Waals surface area (Å²) in [6.45, 7) is 4.37. The van der Waals surface area contributed by atoms with Crippen LogP contribution >= 0.6 is 7.53 Å². The van der Waals surface area contributed by atoms with Crippen LogP contribution in [0.15, 0.2) is 66.5 Å². The molecule has 0 bridgehead atoms. The summed E-state index contributed by atoms with van der Waals surface area (Å²) in [5.74, 6) is 9.13. The summed E-state index contributed by atoms with van der Waals surface area (Å²) in [5.41, 5.74) is 3.78. The summed E-state index contributed by atoms with van der Waals surface area (Å²) in [6.07, 6.45) is 0. The molecule has 21 heavy (non-hydrogen) atoms. The molecule has 0 N–H and O–H groups in total. The third-order valence-corrected chi connectivity index (χ3v) is 6.07. The first-order valence-electron chi connectivity index (χ1n) is 7.07. The Morgan fingerprint density at radius 3 is 2.05 bits per heavy atom. The van der Waals surface area contributed by atoms with E-state index < -0.39 is 7.53 Å². The van der Waals surface area contributed by atoms with Crippen molar-refractivity contribution < 1.29 is 0 Å². The minimum Gasteiger partial charge on any atom is -0.0765 e. The molecular formula is C20H17P. The van der Waals surface area contributed by atoms with E-state index in [4.69, 9.17) is 0 Å². The summed E-state index contributed by atoms with van der Waals surface area (Å²) >= 11 is 0. The molecule has 1 heterocycles. The van der Waals surface area contributed by atoms with Gasteiger partial charge in [0.25, 0.3) is 0 Å². The lowest BCUT2D eigenvalue weighted by Gasteiger charge is -2.01. The Hall–Kier alpha value is -2.22. The third-order valence-electron chi connectivity index (χ3n) is 3.64. The van der Waals surface area contributed by atoms with Gasteiger partial charge < -0.3 is 0 Å². The Morgan fingerprint density at radius 1 is 0.762 bits per heavy atom. The average Bonchev–Trinajstić information content (AvgIpc) is 2.82. The minimum absolute atomic E-state index is 0.435. The quantitative estimate of drug-likeness (QED) is 0.505. The first kappa shape index (κ1) is 13.7. The van der Waals surface area contributed by atoms with E-state index in [1.165, 1.54) is 21.7 Å². The average molecular weight is 288 g/mol. The van der Waals surface area contributed by atoms with Gasteiger partial charge in [-0.05, 0) is 48.2 Å². The Labute approximate surface area is 127 Å². The van der Waals surface area contributed by atoms with Crippen molar-refractivity contribution in [2.75, 3.05) is 0 Å². The van der Waals surface area contributed by atoms with Gasteiger partial charge in [-0.15, -0.1) is 0 Å². The van der Waals surface area contributed by atoms with Crippen molar-refractivity contribution in [3.8, 4) is 17.1 Å². The van der Waals surface area contributed by atoms with Crippen molar-refractivity contribution in [2.45, 2.75) is 13.8 Å². The Bertz CT molecular complexity index is 800. The minimum atomic E-state index is -0.435. The fraction of sp³-hybridized carbons (Fsp3) is 0.100. The summed E-state index contributed by atoms with van der Waals surface area (Å²) in [5, 5.41) is 2.67. The van der Waals surface area contributed by atoms with Crippen LogP contribution in [0, 0.1) is 25.7 Å². The highest BCUT2D eigenvalue weighted by atomic mass is 31.1. The van der Waals surface area contributed by atoms with E-state index in [0.29, 0.717) is 0 Å². The normalized spacial score (nSPS) is 10.9. The van der Waals surface area contributed by atoms with E-state index in [9.17, 15) is 0 Å². The maximum Gasteiger partial charge on any atom is 0.0517 e. The molecule has 0 amide bonds. The second-order valence-electron chi connectivity index (χ2n) is 5.11. The van der Waals surface area contributed by atoms with Gasteiger partial charge in [0.15, 0.2) is 0 Å². The van der Waals surface area contributed by atoms with Crippen molar-refractivity contribution in [3.63, 3.8) is 0 Å². The van der Waals surface area contributed by atoms with Gasteiger partial charge in [-0.2, -0.15) is 0 Å². The zero-order valence-corrected chi connectivity index (χ0v) is 13.2. The van der Waals surface area contributed by atoms with Gasteiger partial charge in [-0.3, -0.25) is 0 Å². The van der Waals surface area contributed by atoms with Crippen LogP contribution in [0.25, 0.3) is 5.30 Å². The van der Waals surface area contributed by atoms with Gasteiger partial charge in [-0.1, -0.05) is 67.9 Å². The van der Waals surface area contributed by atoms with E-state index >= 15 is 0 Å². The molecule has 1 atom stereocenters. The summed E-state index contributed by atoms with van der Waals surface area (Å²) in [6, 6.07) is 20.9. The van der Waals surface area contributed by atoms with Crippen molar-refractivity contribution in [2.24, 2.45) is 0 Å².